The first-order valence-corrected chi connectivity index (χ1v) is 4.49. The van der Waals surface area contributed by atoms with Crippen LogP contribution in [0.4, 0.5) is 0 Å². The Morgan fingerprint density at radius 2 is 1.38 bits per heavy atom. The predicted molar refractivity (Wildman–Crippen MR) is 60.3 cm³/mol. The van der Waals surface area contributed by atoms with E-state index in [1.54, 1.807) is 7.05 Å². The molecule has 0 aromatic heterocycles. The number of carbonyl (C=O) groups is 1. The van der Waals surface area contributed by atoms with Crippen LogP contribution in [0.3, 0.4) is 0 Å². The van der Waals surface area contributed by atoms with Gasteiger partial charge in [0.15, 0.2) is 0 Å². The smallest absolute Gasteiger partial charge is 0.122 e. The first-order chi connectivity index (χ1) is 6.04. The zero-order chi connectivity index (χ0) is 11.3. The predicted octanol–water partition coefficient (Wildman–Crippen LogP) is 1.76. The van der Waals surface area contributed by atoms with Crippen molar-refractivity contribution in [3.63, 3.8) is 0 Å². The van der Waals surface area contributed by atoms with Crippen molar-refractivity contribution in [2.45, 2.75) is 27.7 Å². The Hall–Kier alpha value is -0.700. The van der Waals surface area contributed by atoms with Crippen molar-refractivity contribution in [3.8, 4) is 0 Å². The fraction of sp³-hybridized carbons (Fsp3) is 0.800. The van der Waals surface area contributed by atoms with Crippen LogP contribution in [0.5, 0.6) is 0 Å². The lowest BCUT2D eigenvalue weighted by atomic mass is 10.3. The highest BCUT2D eigenvalue weighted by molar-refractivity contribution is 5.59. The van der Waals surface area contributed by atoms with E-state index in [4.69, 9.17) is 0 Å². The molecule has 0 amide bonds. The number of aldehydes is 1. The Morgan fingerprint density at radius 1 is 1.08 bits per heavy atom. The van der Waals surface area contributed by atoms with Crippen LogP contribution in [0.2, 0.25) is 0 Å². The molecule has 0 radical (unpaired) electrons. The van der Waals surface area contributed by atoms with Crippen molar-refractivity contribution in [2.75, 3.05) is 14.1 Å². The maximum absolute atomic E-state index is 9.50. The Morgan fingerprint density at radius 3 is 1.38 bits per heavy atom. The summed E-state index contributed by atoms with van der Waals surface area (Å²) in [5.74, 6) is 0.810. The van der Waals surface area contributed by atoms with Crippen molar-refractivity contribution in [1.82, 2.24) is 0 Å². The minimum absolute atomic E-state index is 0.204. The van der Waals surface area contributed by atoms with E-state index in [9.17, 15) is 4.79 Å². The number of carbonyl (C=O) groups excluding carboxylic acids is 1. The van der Waals surface area contributed by atoms with Crippen molar-refractivity contribution in [2.24, 2.45) is 22.6 Å². The molecule has 3 nitrogen and oxygen atoms in total. The van der Waals surface area contributed by atoms with Crippen molar-refractivity contribution < 1.29 is 4.79 Å². The van der Waals surface area contributed by atoms with Gasteiger partial charge in [-0.3, -0.25) is 0 Å². The van der Waals surface area contributed by atoms with E-state index in [0.29, 0.717) is 5.92 Å². The number of hydrogen-bond donors (Lipinski definition) is 1. The molecular weight excluding hydrogens is 164 g/mol. The topological polar surface area (TPSA) is 55.5 Å². The molecule has 0 aliphatic heterocycles. The van der Waals surface area contributed by atoms with Crippen molar-refractivity contribution in [3.05, 3.63) is 0 Å². The van der Waals surface area contributed by atoms with Gasteiger partial charge in [-0.05, 0) is 13.0 Å². The lowest BCUT2D eigenvalue weighted by Crippen LogP contribution is -1.84. The normalized spacial score (nSPS) is 9.00. The molecule has 0 rings (SSSR count). The van der Waals surface area contributed by atoms with Gasteiger partial charge >= 0.3 is 0 Å². The second-order valence-electron chi connectivity index (χ2n) is 3.03. The lowest BCUT2D eigenvalue weighted by Gasteiger charge is -1.85. The van der Waals surface area contributed by atoms with Gasteiger partial charge in [-0.1, -0.05) is 27.7 Å². The van der Waals surface area contributed by atoms with E-state index < -0.39 is 0 Å². The second-order valence-corrected chi connectivity index (χ2v) is 3.03. The van der Waals surface area contributed by atoms with Gasteiger partial charge in [-0.25, -0.2) is 0 Å². The zero-order valence-corrected chi connectivity index (χ0v) is 9.74. The van der Waals surface area contributed by atoms with Crippen LogP contribution in [0.1, 0.15) is 27.7 Å². The molecule has 3 heteroatoms. The lowest BCUT2D eigenvalue weighted by molar-refractivity contribution is -0.110. The molecule has 0 heterocycles. The van der Waals surface area contributed by atoms with Gasteiger partial charge < -0.3 is 15.5 Å². The molecule has 0 atom stereocenters. The van der Waals surface area contributed by atoms with Crippen LogP contribution in [0, 0.1) is 11.8 Å². The summed E-state index contributed by atoms with van der Waals surface area (Å²) in [6.07, 6.45) is 2.83. The summed E-state index contributed by atoms with van der Waals surface area (Å²) >= 11 is 0. The molecular formula is C10H24N2O. The monoisotopic (exact) mass is 188 g/mol. The van der Waals surface area contributed by atoms with Crippen LogP contribution < -0.4 is 5.73 Å². The third-order valence-corrected chi connectivity index (χ3v) is 0.719. The van der Waals surface area contributed by atoms with Gasteiger partial charge in [0.2, 0.25) is 0 Å². The summed E-state index contributed by atoms with van der Waals surface area (Å²) in [5.41, 5.74) is 4.50. The van der Waals surface area contributed by atoms with Gasteiger partial charge in [0, 0.05) is 19.2 Å². The van der Waals surface area contributed by atoms with E-state index in [-0.39, 0.29) is 5.92 Å². The SMILES string of the molecule is CC(C)C=O.CN.CN=CC(C)C. The molecule has 0 aliphatic rings. The zero-order valence-electron chi connectivity index (χ0n) is 9.74. The van der Waals surface area contributed by atoms with Crippen LogP contribution >= 0.6 is 0 Å². The largest absolute Gasteiger partial charge is 0.333 e. The summed E-state index contributed by atoms with van der Waals surface area (Å²) in [7, 11) is 3.29. The molecule has 13 heavy (non-hydrogen) atoms. The van der Waals surface area contributed by atoms with Gasteiger partial charge in [-0.2, -0.15) is 0 Å². The number of hydrogen-bond acceptors (Lipinski definition) is 3. The molecule has 0 spiro atoms. The molecule has 0 aromatic rings. The average molecular weight is 188 g/mol. The third-order valence-electron chi connectivity index (χ3n) is 0.719. The highest BCUT2D eigenvalue weighted by Crippen LogP contribution is 1.81. The van der Waals surface area contributed by atoms with Gasteiger partial charge in [0.05, 0.1) is 0 Å². The van der Waals surface area contributed by atoms with Crippen LogP contribution in [0.25, 0.3) is 0 Å². The van der Waals surface area contributed by atoms with E-state index in [2.05, 4.69) is 24.6 Å². The molecule has 0 bridgehead atoms. The summed E-state index contributed by atoms with van der Waals surface area (Å²) in [4.78, 5) is 13.3. The standard InChI is InChI=1S/C5H11N.C4H8O.CH5N/c1-5(2)4-6-3;1-4(2)3-5;1-2/h4-5H,1-3H3;3-4H,1-2H3;2H2,1H3. The van der Waals surface area contributed by atoms with Crippen LogP contribution in [-0.4, -0.2) is 26.6 Å². The molecule has 0 saturated carbocycles. The quantitative estimate of drug-likeness (QED) is 0.530. The van der Waals surface area contributed by atoms with Gasteiger partial charge in [0.25, 0.3) is 0 Å². The Labute approximate surface area is 82.4 Å². The van der Waals surface area contributed by atoms with Gasteiger partial charge in [-0.15, -0.1) is 0 Å². The molecule has 2 N–H and O–H groups in total. The molecule has 0 unspecified atom stereocenters. The van der Waals surface area contributed by atoms with E-state index >= 15 is 0 Å². The second kappa shape index (κ2) is 17.4. The maximum Gasteiger partial charge on any atom is 0.122 e. The minimum Gasteiger partial charge on any atom is -0.333 e. The molecule has 0 aliphatic carbocycles. The summed E-state index contributed by atoms with van der Waals surface area (Å²) in [5, 5.41) is 0. The first kappa shape index (κ1) is 18.2. The third kappa shape index (κ3) is 52.9. The number of aliphatic imine (C=N–C) groups is 1. The Kier molecular flexibility index (Phi) is 24.3. The highest BCUT2D eigenvalue weighted by Gasteiger charge is 1.79. The van der Waals surface area contributed by atoms with E-state index in [1.165, 1.54) is 7.05 Å². The fourth-order valence-corrected chi connectivity index (χ4v) is 0.298. The number of nitrogens with two attached hydrogens (primary N) is 1. The summed E-state index contributed by atoms with van der Waals surface area (Å²) < 4.78 is 0. The van der Waals surface area contributed by atoms with Crippen molar-refractivity contribution in [1.29, 1.82) is 0 Å². The maximum atomic E-state index is 9.50. The van der Waals surface area contributed by atoms with Gasteiger partial charge in [0.1, 0.15) is 6.29 Å². The summed E-state index contributed by atoms with van der Waals surface area (Å²) in [6, 6.07) is 0. The molecule has 80 valence electrons. The van der Waals surface area contributed by atoms with E-state index in [1.807, 2.05) is 20.1 Å². The van der Waals surface area contributed by atoms with Crippen LogP contribution in [-0.2, 0) is 4.79 Å². The summed E-state index contributed by atoms with van der Waals surface area (Å²) in [6.45, 7) is 7.92. The van der Waals surface area contributed by atoms with Crippen LogP contribution in [0.15, 0.2) is 4.99 Å². The molecule has 0 fully saturated rings. The Balaban J connectivity index is -0.000000131. The number of rotatable bonds is 2. The first-order valence-electron chi connectivity index (χ1n) is 4.49. The van der Waals surface area contributed by atoms with E-state index in [0.717, 1.165) is 6.29 Å². The fourth-order valence-electron chi connectivity index (χ4n) is 0.298. The Bertz CT molecular complexity index is 109. The minimum atomic E-state index is 0.204. The van der Waals surface area contributed by atoms with Crippen molar-refractivity contribution >= 4 is 12.5 Å². The molecule has 0 saturated heterocycles. The number of nitrogens with zero attached hydrogens (tertiary/aromatic N) is 1. The average Bonchev–Trinajstić information content (AvgIpc) is 2.09. The highest BCUT2D eigenvalue weighted by atomic mass is 16.1. The molecule has 0 aromatic carbocycles.